The number of hydrazine groups is 1. The molecule has 7 nitrogen and oxygen atoms in total. The summed E-state index contributed by atoms with van der Waals surface area (Å²) in [5.41, 5.74) is 8.21. The number of para-hydroxylation sites is 1. The van der Waals surface area contributed by atoms with Gasteiger partial charge in [-0.15, -0.1) is 0 Å². The molecular weight excluding hydrogens is 418 g/mol. The molecule has 2 fully saturated rings. The van der Waals surface area contributed by atoms with E-state index >= 15 is 0 Å². The SMILES string of the molecule is CCCCCCOc1ccc(C2C3C(NNC3c3ccccc3O)C(=O)N2CCCO)cc1. The maximum atomic E-state index is 13.3. The number of hydrogen-bond acceptors (Lipinski definition) is 6. The summed E-state index contributed by atoms with van der Waals surface area (Å²) < 4.78 is 5.90. The molecule has 0 spiro atoms. The van der Waals surface area contributed by atoms with Gasteiger partial charge in [-0.25, -0.2) is 10.9 Å². The van der Waals surface area contributed by atoms with Crippen LogP contribution >= 0.6 is 0 Å². The Balaban J connectivity index is 1.57. The number of carbonyl (C=O) groups excluding carboxylic acids is 1. The lowest BCUT2D eigenvalue weighted by atomic mass is 9.83. The van der Waals surface area contributed by atoms with Crippen LogP contribution < -0.4 is 15.6 Å². The van der Waals surface area contributed by atoms with E-state index < -0.39 is 6.04 Å². The van der Waals surface area contributed by atoms with Gasteiger partial charge in [0.15, 0.2) is 0 Å². The van der Waals surface area contributed by atoms with Crippen molar-refractivity contribution in [2.75, 3.05) is 19.8 Å². The van der Waals surface area contributed by atoms with Crippen LogP contribution in [-0.4, -0.2) is 46.8 Å². The number of nitrogens with zero attached hydrogens (tertiary/aromatic N) is 1. The number of likely N-dealkylation sites (tertiary alicyclic amines) is 1. The van der Waals surface area contributed by atoms with Crippen LogP contribution in [0.3, 0.4) is 0 Å². The number of nitrogens with one attached hydrogen (secondary N) is 2. The van der Waals surface area contributed by atoms with Gasteiger partial charge in [0.1, 0.15) is 17.5 Å². The Kier molecular flexibility index (Phi) is 7.85. The summed E-state index contributed by atoms with van der Waals surface area (Å²) in [4.78, 5) is 15.2. The first-order chi connectivity index (χ1) is 16.2. The lowest BCUT2D eigenvalue weighted by Crippen LogP contribution is -2.41. The fourth-order valence-electron chi connectivity index (χ4n) is 5.09. The zero-order valence-corrected chi connectivity index (χ0v) is 19.2. The Morgan fingerprint density at radius 3 is 2.45 bits per heavy atom. The number of fused-ring (bicyclic) bond motifs is 1. The van der Waals surface area contributed by atoms with Crippen LogP contribution in [0.2, 0.25) is 0 Å². The third kappa shape index (κ3) is 5.00. The van der Waals surface area contributed by atoms with Crippen molar-refractivity contribution in [1.29, 1.82) is 0 Å². The van der Waals surface area contributed by atoms with E-state index in [0.29, 0.717) is 19.6 Å². The topological polar surface area (TPSA) is 94.1 Å². The number of carbonyl (C=O) groups is 1. The molecule has 1 amide bonds. The number of benzene rings is 2. The number of phenolic OH excluding ortho intramolecular Hbond substituents is 1. The molecular formula is C26H35N3O4. The van der Waals surface area contributed by atoms with Crippen molar-refractivity contribution in [3.05, 3.63) is 59.7 Å². The summed E-state index contributed by atoms with van der Waals surface area (Å²) in [5.74, 6) is 0.952. The van der Waals surface area contributed by atoms with Crippen LogP contribution in [0.25, 0.3) is 0 Å². The standard InChI is InChI=1S/C26H35N3O4/c1-2-3-4-7-17-33-19-13-11-18(12-14-19)25-22-23(20-9-5-6-10-21(20)31)27-28-24(22)26(32)29(25)15-8-16-30/h5-6,9-14,22-25,27-28,30-31H,2-4,7-8,15-17H2,1H3. The number of unbranched alkanes of at least 4 members (excludes halogenated alkanes) is 3. The third-order valence-corrected chi connectivity index (χ3v) is 6.73. The third-order valence-electron chi connectivity index (χ3n) is 6.73. The highest BCUT2D eigenvalue weighted by Gasteiger charge is 2.55. The summed E-state index contributed by atoms with van der Waals surface area (Å²) in [6.45, 7) is 3.42. The van der Waals surface area contributed by atoms with Gasteiger partial charge in [0.05, 0.1) is 18.7 Å². The van der Waals surface area contributed by atoms with E-state index in [2.05, 4.69) is 17.8 Å². The molecule has 4 N–H and O–H groups in total. The minimum Gasteiger partial charge on any atom is -0.508 e. The molecule has 0 radical (unpaired) electrons. The second kappa shape index (κ2) is 11.0. The largest absolute Gasteiger partial charge is 0.508 e. The van der Waals surface area contributed by atoms with E-state index in [1.165, 1.54) is 19.3 Å². The molecule has 2 heterocycles. The quantitative estimate of drug-likeness (QED) is 0.390. The van der Waals surface area contributed by atoms with E-state index in [1.54, 1.807) is 12.1 Å². The maximum Gasteiger partial charge on any atom is 0.242 e. The monoisotopic (exact) mass is 453 g/mol. The molecule has 178 valence electrons. The van der Waals surface area contributed by atoms with Crippen molar-refractivity contribution < 1.29 is 19.7 Å². The number of amides is 1. The average Bonchev–Trinajstić information content (AvgIpc) is 3.37. The second-order valence-electron chi connectivity index (χ2n) is 8.91. The van der Waals surface area contributed by atoms with Gasteiger partial charge in [-0.2, -0.15) is 0 Å². The number of rotatable bonds is 11. The van der Waals surface area contributed by atoms with Crippen LogP contribution in [0.15, 0.2) is 48.5 Å². The van der Waals surface area contributed by atoms with Crippen molar-refractivity contribution in [3.63, 3.8) is 0 Å². The predicted octanol–water partition coefficient (Wildman–Crippen LogP) is 3.45. The predicted molar refractivity (Wildman–Crippen MR) is 127 cm³/mol. The summed E-state index contributed by atoms with van der Waals surface area (Å²) in [6, 6.07) is 14.5. The van der Waals surface area contributed by atoms with E-state index in [0.717, 1.165) is 23.3 Å². The zero-order valence-electron chi connectivity index (χ0n) is 19.2. The molecule has 0 aliphatic carbocycles. The van der Waals surface area contributed by atoms with Crippen LogP contribution in [0, 0.1) is 5.92 Å². The molecule has 2 aromatic rings. The fourth-order valence-corrected chi connectivity index (χ4v) is 5.09. The van der Waals surface area contributed by atoms with E-state index in [4.69, 9.17) is 4.74 Å². The lowest BCUT2D eigenvalue weighted by molar-refractivity contribution is -0.130. The summed E-state index contributed by atoms with van der Waals surface area (Å²) >= 11 is 0. The summed E-state index contributed by atoms with van der Waals surface area (Å²) in [6.07, 6.45) is 5.18. The Bertz CT molecular complexity index is 920. The van der Waals surface area contributed by atoms with Crippen molar-refractivity contribution in [3.8, 4) is 11.5 Å². The average molecular weight is 454 g/mol. The normalized spacial score (nSPS) is 24.3. The van der Waals surface area contributed by atoms with Gasteiger partial charge in [-0.1, -0.05) is 56.5 Å². The number of aliphatic hydroxyl groups excluding tert-OH is 1. The van der Waals surface area contributed by atoms with Crippen LogP contribution in [0.4, 0.5) is 0 Å². The van der Waals surface area contributed by atoms with Crippen LogP contribution in [0.1, 0.15) is 62.2 Å². The Morgan fingerprint density at radius 2 is 1.73 bits per heavy atom. The van der Waals surface area contributed by atoms with Gasteiger partial charge in [0, 0.05) is 24.6 Å². The van der Waals surface area contributed by atoms with Crippen LogP contribution in [-0.2, 0) is 4.79 Å². The first-order valence-corrected chi connectivity index (χ1v) is 12.1. The molecule has 2 aliphatic heterocycles. The molecule has 4 unspecified atom stereocenters. The van der Waals surface area contributed by atoms with Crippen molar-refractivity contribution in [1.82, 2.24) is 15.8 Å². The second-order valence-corrected chi connectivity index (χ2v) is 8.91. The van der Waals surface area contributed by atoms with E-state index in [9.17, 15) is 15.0 Å². The Morgan fingerprint density at radius 1 is 0.970 bits per heavy atom. The highest BCUT2D eigenvalue weighted by atomic mass is 16.5. The molecule has 0 saturated carbocycles. The Labute approximate surface area is 195 Å². The van der Waals surface area contributed by atoms with Gasteiger partial charge in [0.2, 0.25) is 5.91 Å². The van der Waals surface area contributed by atoms with Gasteiger partial charge < -0.3 is 19.8 Å². The van der Waals surface area contributed by atoms with Gasteiger partial charge >= 0.3 is 0 Å². The first kappa shape index (κ1) is 23.5. The molecule has 4 atom stereocenters. The molecule has 2 saturated heterocycles. The minimum absolute atomic E-state index is 0.0140. The number of aromatic hydroxyl groups is 1. The minimum atomic E-state index is -0.396. The Hall–Kier alpha value is -2.61. The van der Waals surface area contributed by atoms with E-state index in [-0.39, 0.29) is 36.3 Å². The number of ether oxygens (including phenoxy) is 1. The zero-order chi connectivity index (χ0) is 23.2. The smallest absolute Gasteiger partial charge is 0.242 e. The van der Waals surface area contributed by atoms with Gasteiger partial charge in [-0.3, -0.25) is 4.79 Å². The molecule has 0 bridgehead atoms. The van der Waals surface area contributed by atoms with E-state index in [1.807, 2.05) is 41.3 Å². The maximum absolute atomic E-state index is 13.3. The first-order valence-electron chi connectivity index (χ1n) is 12.1. The summed E-state index contributed by atoms with van der Waals surface area (Å²) in [5, 5.41) is 19.9. The van der Waals surface area contributed by atoms with Crippen molar-refractivity contribution in [2.24, 2.45) is 5.92 Å². The number of aliphatic hydroxyl groups is 1. The lowest BCUT2D eigenvalue weighted by Gasteiger charge is -2.31. The van der Waals surface area contributed by atoms with Gasteiger partial charge in [0.25, 0.3) is 0 Å². The highest BCUT2D eigenvalue weighted by molar-refractivity contribution is 5.86. The molecule has 7 heteroatoms. The molecule has 4 rings (SSSR count). The molecule has 33 heavy (non-hydrogen) atoms. The molecule has 2 aliphatic rings. The number of hydrogen-bond donors (Lipinski definition) is 4. The van der Waals surface area contributed by atoms with Gasteiger partial charge in [-0.05, 0) is 36.6 Å². The van der Waals surface area contributed by atoms with Crippen molar-refractivity contribution >= 4 is 5.91 Å². The summed E-state index contributed by atoms with van der Waals surface area (Å²) in [7, 11) is 0. The number of phenols is 1. The molecule has 0 aromatic heterocycles. The fraction of sp³-hybridized carbons (Fsp3) is 0.500. The molecule has 2 aromatic carbocycles. The van der Waals surface area contributed by atoms with Crippen LogP contribution in [0.5, 0.6) is 11.5 Å². The highest BCUT2D eigenvalue weighted by Crippen LogP contribution is 2.48. The van der Waals surface area contributed by atoms with Crippen molar-refractivity contribution in [2.45, 2.75) is 57.2 Å².